The number of halogens is 1. The van der Waals surface area contributed by atoms with Crippen LogP contribution in [0, 0.1) is 0 Å². The summed E-state index contributed by atoms with van der Waals surface area (Å²) in [4.78, 5) is 26.7. The Morgan fingerprint density at radius 2 is 1.83 bits per heavy atom. The van der Waals surface area contributed by atoms with Crippen LogP contribution in [0.4, 0.5) is 9.59 Å². The van der Waals surface area contributed by atoms with Crippen molar-refractivity contribution in [3.63, 3.8) is 0 Å². The first-order valence-electron chi connectivity index (χ1n) is 7.17. The Kier molecular flexibility index (Phi) is 5.54. The SMILES string of the molecule is CNC(=O)O[C@@H]1CN(C(=O)N(C)C)C[C@H]1Oc1ccc(Cl)cc1. The lowest BCUT2D eigenvalue weighted by atomic mass is 10.2. The number of hydrogen-bond donors (Lipinski definition) is 1. The van der Waals surface area contributed by atoms with Gasteiger partial charge in [0, 0.05) is 26.2 Å². The summed E-state index contributed by atoms with van der Waals surface area (Å²) in [5.41, 5.74) is 0. The van der Waals surface area contributed by atoms with Gasteiger partial charge in [0.05, 0.1) is 13.1 Å². The van der Waals surface area contributed by atoms with Crippen LogP contribution in [0.25, 0.3) is 0 Å². The molecule has 1 heterocycles. The molecule has 1 aromatic rings. The second-order valence-electron chi connectivity index (χ2n) is 5.39. The summed E-state index contributed by atoms with van der Waals surface area (Å²) in [7, 11) is 4.82. The average molecular weight is 342 g/mol. The Balaban J connectivity index is 2.10. The van der Waals surface area contributed by atoms with E-state index in [1.165, 1.54) is 11.9 Å². The molecule has 1 fully saturated rings. The fourth-order valence-corrected chi connectivity index (χ4v) is 2.42. The average Bonchev–Trinajstić information content (AvgIpc) is 2.91. The zero-order valence-corrected chi connectivity index (χ0v) is 14.0. The van der Waals surface area contributed by atoms with E-state index >= 15 is 0 Å². The number of nitrogens with one attached hydrogen (secondary N) is 1. The maximum Gasteiger partial charge on any atom is 0.407 e. The van der Waals surface area contributed by atoms with Crippen LogP contribution in [-0.4, -0.2) is 68.4 Å². The van der Waals surface area contributed by atoms with E-state index in [9.17, 15) is 9.59 Å². The van der Waals surface area contributed by atoms with Crippen molar-refractivity contribution < 1.29 is 19.1 Å². The summed E-state index contributed by atoms with van der Waals surface area (Å²) in [6.07, 6.45) is -1.55. The van der Waals surface area contributed by atoms with Crippen LogP contribution in [0.2, 0.25) is 5.02 Å². The molecule has 0 spiro atoms. The van der Waals surface area contributed by atoms with E-state index in [0.717, 1.165) is 0 Å². The molecule has 3 amide bonds. The van der Waals surface area contributed by atoms with Gasteiger partial charge in [0.1, 0.15) is 5.75 Å². The third-order valence-electron chi connectivity index (χ3n) is 3.43. The van der Waals surface area contributed by atoms with Crippen LogP contribution in [-0.2, 0) is 4.74 Å². The predicted octanol–water partition coefficient (Wildman–Crippen LogP) is 1.81. The van der Waals surface area contributed by atoms with Crippen molar-refractivity contribution in [3.05, 3.63) is 29.3 Å². The largest absolute Gasteiger partial charge is 0.485 e. The molecule has 1 saturated heterocycles. The number of likely N-dealkylation sites (tertiary alicyclic amines) is 1. The van der Waals surface area contributed by atoms with Crippen LogP contribution in [0.3, 0.4) is 0 Å². The summed E-state index contributed by atoms with van der Waals surface area (Å²) in [6.45, 7) is 0.615. The number of benzene rings is 1. The van der Waals surface area contributed by atoms with E-state index in [1.54, 1.807) is 43.3 Å². The first-order valence-corrected chi connectivity index (χ1v) is 7.55. The van der Waals surface area contributed by atoms with E-state index in [2.05, 4.69) is 5.32 Å². The topological polar surface area (TPSA) is 71.1 Å². The van der Waals surface area contributed by atoms with E-state index in [4.69, 9.17) is 21.1 Å². The minimum Gasteiger partial charge on any atom is -0.485 e. The number of amides is 3. The second kappa shape index (κ2) is 7.41. The minimum atomic E-state index is -0.557. The number of alkyl carbamates (subject to hydrolysis) is 1. The van der Waals surface area contributed by atoms with Crippen molar-refractivity contribution in [2.45, 2.75) is 12.2 Å². The van der Waals surface area contributed by atoms with Crippen molar-refractivity contribution >= 4 is 23.7 Å². The highest BCUT2D eigenvalue weighted by atomic mass is 35.5. The van der Waals surface area contributed by atoms with Gasteiger partial charge in [0.2, 0.25) is 0 Å². The quantitative estimate of drug-likeness (QED) is 0.910. The highest BCUT2D eigenvalue weighted by Crippen LogP contribution is 2.23. The van der Waals surface area contributed by atoms with Gasteiger partial charge in [0.25, 0.3) is 0 Å². The molecule has 0 unspecified atom stereocenters. The van der Waals surface area contributed by atoms with Crippen molar-refractivity contribution in [2.75, 3.05) is 34.2 Å². The van der Waals surface area contributed by atoms with E-state index in [1.807, 2.05) is 0 Å². The van der Waals surface area contributed by atoms with Gasteiger partial charge >= 0.3 is 12.1 Å². The normalized spacial score (nSPS) is 20.1. The van der Waals surface area contributed by atoms with Gasteiger partial charge in [-0.2, -0.15) is 0 Å². The number of carbonyl (C=O) groups is 2. The molecular formula is C15H20ClN3O4. The highest BCUT2D eigenvalue weighted by Gasteiger charge is 2.40. The van der Waals surface area contributed by atoms with Gasteiger partial charge in [-0.05, 0) is 24.3 Å². The van der Waals surface area contributed by atoms with Crippen molar-refractivity contribution in [1.29, 1.82) is 0 Å². The summed E-state index contributed by atoms with van der Waals surface area (Å²) in [5.74, 6) is 0.601. The van der Waals surface area contributed by atoms with E-state index in [-0.39, 0.29) is 12.6 Å². The van der Waals surface area contributed by atoms with E-state index in [0.29, 0.717) is 17.3 Å². The lowest BCUT2D eigenvalue weighted by molar-refractivity contribution is 0.0455. The summed E-state index contributed by atoms with van der Waals surface area (Å²) >= 11 is 5.85. The van der Waals surface area contributed by atoms with Crippen molar-refractivity contribution in [2.24, 2.45) is 0 Å². The Bertz CT molecular complexity index is 564. The maximum atomic E-state index is 12.1. The van der Waals surface area contributed by atoms with Gasteiger partial charge in [0.15, 0.2) is 12.2 Å². The maximum absolute atomic E-state index is 12.1. The Morgan fingerprint density at radius 3 is 2.39 bits per heavy atom. The Hall–Kier alpha value is -2.15. The lowest BCUT2D eigenvalue weighted by Gasteiger charge is -2.20. The number of nitrogens with zero attached hydrogens (tertiary/aromatic N) is 2. The predicted molar refractivity (Wildman–Crippen MR) is 85.9 cm³/mol. The van der Waals surface area contributed by atoms with Crippen LogP contribution in [0.1, 0.15) is 0 Å². The molecule has 23 heavy (non-hydrogen) atoms. The smallest absolute Gasteiger partial charge is 0.407 e. The van der Waals surface area contributed by atoms with Crippen LogP contribution in [0.5, 0.6) is 5.75 Å². The van der Waals surface area contributed by atoms with Gasteiger partial charge in [-0.3, -0.25) is 0 Å². The van der Waals surface area contributed by atoms with E-state index < -0.39 is 18.3 Å². The molecule has 0 aromatic heterocycles. The van der Waals surface area contributed by atoms with Crippen LogP contribution < -0.4 is 10.1 Å². The third kappa shape index (κ3) is 4.41. The zero-order valence-electron chi connectivity index (χ0n) is 13.3. The first-order chi connectivity index (χ1) is 10.9. The molecule has 0 radical (unpaired) electrons. The molecule has 1 N–H and O–H groups in total. The Morgan fingerprint density at radius 1 is 1.22 bits per heavy atom. The molecule has 1 aliphatic rings. The van der Waals surface area contributed by atoms with Gasteiger partial charge in [-0.1, -0.05) is 11.6 Å². The molecule has 2 rings (SSSR count). The fourth-order valence-electron chi connectivity index (χ4n) is 2.29. The minimum absolute atomic E-state index is 0.155. The molecular weight excluding hydrogens is 322 g/mol. The Labute approximate surface area is 140 Å². The molecule has 0 bridgehead atoms. The molecule has 7 nitrogen and oxygen atoms in total. The monoisotopic (exact) mass is 341 g/mol. The van der Waals surface area contributed by atoms with Gasteiger partial charge < -0.3 is 24.6 Å². The lowest BCUT2D eigenvalue weighted by Crippen LogP contribution is -2.38. The highest BCUT2D eigenvalue weighted by molar-refractivity contribution is 6.30. The van der Waals surface area contributed by atoms with Gasteiger partial charge in [-0.15, -0.1) is 0 Å². The molecule has 1 aliphatic heterocycles. The second-order valence-corrected chi connectivity index (χ2v) is 5.82. The molecule has 0 saturated carbocycles. The standard InChI is InChI=1S/C15H20ClN3O4/c1-17-14(20)23-13-9-19(15(21)18(2)3)8-12(13)22-11-6-4-10(16)5-7-11/h4-7,12-13H,8-9H2,1-3H3,(H,17,20)/t12-,13-/m1/s1. The molecule has 0 aliphatic carbocycles. The van der Waals surface area contributed by atoms with Crippen LogP contribution in [0.15, 0.2) is 24.3 Å². The number of ether oxygens (including phenoxy) is 2. The number of urea groups is 1. The summed E-state index contributed by atoms with van der Waals surface area (Å²) in [5, 5.41) is 3.01. The summed E-state index contributed by atoms with van der Waals surface area (Å²) < 4.78 is 11.2. The first kappa shape index (κ1) is 17.2. The summed E-state index contributed by atoms with van der Waals surface area (Å²) in [6, 6.07) is 6.73. The third-order valence-corrected chi connectivity index (χ3v) is 3.68. The van der Waals surface area contributed by atoms with Crippen LogP contribution >= 0.6 is 11.6 Å². The zero-order chi connectivity index (χ0) is 17.0. The molecule has 1 aromatic carbocycles. The van der Waals surface area contributed by atoms with Gasteiger partial charge in [-0.25, -0.2) is 9.59 Å². The number of rotatable bonds is 3. The number of carbonyl (C=O) groups excluding carboxylic acids is 2. The molecule has 8 heteroatoms. The fraction of sp³-hybridized carbons (Fsp3) is 0.467. The van der Waals surface area contributed by atoms with Crippen molar-refractivity contribution in [3.8, 4) is 5.75 Å². The molecule has 2 atom stereocenters. The number of hydrogen-bond acceptors (Lipinski definition) is 4. The van der Waals surface area contributed by atoms with Crippen molar-refractivity contribution in [1.82, 2.24) is 15.1 Å². The molecule has 126 valence electrons.